The molecule has 0 saturated carbocycles. The van der Waals surface area contributed by atoms with Crippen LogP contribution in [-0.2, 0) is 16.1 Å². The van der Waals surface area contributed by atoms with E-state index in [1.54, 1.807) is 14.2 Å². The van der Waals surface area contributed by atoms with Crippen molar-refractivity contribution in [3.8, 4) is 5.75 Å². The summed E-state index contributed by atoms with van der Waals surface area (Å²) >= 11 is 0. The van der Waals surface area contributed by atoms with Crippen molar-refractivity contribution in [2.75, 3.05) is 53.6 Å². The maximum Gasteiger partial charge on any atom is 0.193 e. The van der Waals surface area contributed by atoms with E-state index in [4.69, 9.17) is 19.2 Å². The minimum Gasteiger partial charge on any atom is -0.497 e. The number of hydrogen-bond donors (Lipinski definition) is 1. The van der Waals surface area contributed by atoms with Gasteiger partial charge >= 0.3 is 0 Å². The number of guanidine groups is 1. The Morgan fingerprint density at radius 3 is 2.77 bits per heavy atom. The summed E-state index contributed by atoms with van der Waals surface area (Å²) < 4.78 is 16.2. The summed E-state index contributed by atoms with van der Waals surface area (Å²) in [7, 11) is 3.45. The van der Waals surface area contributed by atoms with Crippen molar-refractivity contribution in [1.82, 2.24) is 10.2 Å². The normalized spacial score (nSPS) is 17.6. The molecule has 26 heavy (non-hydrogen) atoms. The minimum absolute atomic E-state index is 0.608. The minimum atomic E-state index is 0.608. The predicted octanol–water partition coefficient (Wildman–Crippen LogP) is 2.54. The van der Waals surface area contributed by atoms with Gasteiger partial charge in [0, 0.05) is 45.8 Å². The molecule has 6 nitrogen and oxygen atoms in total. The highest BCUT2D eigenvalue weighted by Crippen LogP contribution is 2.16. The second-order valence-electron chi connectivity index (χ2n) is 6.55. The van der Waals surface area contributed by atoms with Gasteiger partial charge in [0.2, 0.25) is 0 Å². The van der Waals surface area contributed by atoms with Crippen LogP contribution in [0.4, 0.5) is 0 Å². The average molecular weight is 364 g/mol. The number of rotatable bonds is 10. The third-order valence-corrected chi connectivity index (χ3v) is 4.46. The molecule has 0 amide bonds. The number of methoxy groups -OCH3 is 2. The maximum atomic E-state index is 5.75. The molecule has 0 radical (unpaired) electrons. The SMILES string of the molecule is CCNC(=NCCCOCc1ccc(OC)cc1)N1CCC(COC)C1. The molecule has 2 rings (SSSR count). The zero-order chi connectivity index (χ0) is 18.6. The van der Waals surface area contributed by atoms with Gasteiger partial charge in [0.15, 0.2) is 5.96 Å². The monoisotopic (exact) mass is 363 g/mol. The van der Waals surface area contributed by atoms with Crippen molar-refractivity contribution >= 4 is 5.96 Å². The van der Waals surface area contributed by atoms with Gasteiger partial charge < -0.3 is 24.4 Å². The van der Waals surface area contributed by atoms with Crippen molar-refractivity contribution in [1.29, 1.82) is 0 Å². The summed E-state index contributed by atoms with van der Waals surface area (Å²) in [6.07, 6.45) is 2.09. The number of benzene rings is 1. The molecule has 1 atom stereocenters. The molecule has 1 N–H and O–H groups in total. The molecule has 0 aliphatic carbocycles. The Hall–Kier alpha value is -1.79. The Balaban J connectivity index is 1.67. The second kappa shape index (κ2) is 11.8. The lowest BCUT2D eigenvalue weighted by atomic mass is 10.1. The Morgan fingerprint density at radius 1 is 1.27 bits per heavy atom. The van der Waals surface area contributed by atoms with Gasteiger partial charge in [-0.05, 0) is 37.5 Å². The van der Waals surface area contributed by atoms with E-state index in [2.05, 4.69) is 17.1 Å². The molecule has 1 aromatic rings. The van der Waals surface area contributed by atoms with Crippen LogP contribution in [0.5, 0.6) is 5.75 Å². The van der Waals surface area contributed by atoms with Crippen LogP contribution in [0.15, 0.2) is 29.3 Å². The first-order chi connectivity index (χ1) is 12.8. The molecular weight excluding hydrogens is 330 g/mol. The maximum absolute atomic E-state index is 5.75. The highest BCUT2D eigenvalue weighted by molar-refractivity contribution is 5.80. The van der Waals surface area contributed by atoms with E-state index in [0.29, 0.717) is 19.1 Å². The highest BCUT2D eigenvalue weighted by Gasteiger charge is 2.24. The van der Waals surface area contributed by atoms with Crippen molar-refractivity contribution in [2.24, 2.45) is 10.9 Å². The van der Waals surface area contributed by atoms with Gasteiger partial charge in [-0.25, -0.2) is 0 Å². The van der Waals surface area contributed by atoms with Crippen LogP contribution in [0.1, 0.15) is 25.3 Å². The van der Waals surface area contributed by atoms with Crippen LogP contribution in [0.2, 0.25) is 0 Å². The van der Waals surface area contributed by atoms with Crippen molar-refractivity contribution in [3.05, 3.63) is 29.8 Å². The van der Waals surface area contributed by atoms with Gasteiger partial charge in [-0.2, -0.15) is 0 Å². The molecule has 0 aromatic heterocycles. The highest BCUT2D eigenvalue weighted by atomic mass is 16.5. The fraction of sp³-hybridized carbons (Fsp3) is 0.650. The smallest absolute Gasteiger partial charge is 0.193 e. The summed E-state index contributed by atoms with van der Waals surface area (Å²) in [6.45, 7) is 8.00. The number of nitrogens with one attached hydrogen (secondary N) is 1. The number of nitrogens with zero attached hydrogens (tertiary/aromatic N) is 2. The molecule has 146 valence electrons. The number of likely N-dealkylation sites (tertiary alicyclic amines) is 1. The number of ether oxygens (including phenoxy) is 3. The topological polar surface area (TPSA) is 55.3 Å². The Morgan fingerprint density at radius 2 is 2.08 bits per heavy atom. The van der Waals surface area contributed by atoms with Crippen molar-refractivity contribution in [2.45, 2.75) is 26.4 Å². The number of hydrogen-bond acceptors (Lipinski definition) is 4. The van der Waals surface area contributed by atoms with E-state index in [-0.39, 0.29) is 0 Å². The van der Waals surface area contributed by atoms with Gasteiger partial charge in [-0.15, -0.1) is 0 Å². The molecule has 6 heteroatoms. The van der Waals surface area contributed by atoms with E-state index in [1.165, 1.54) is 6.42 Å². The molecule has 1 saturated heterocycles. The fourth-order valence-electron chi connectivity index (χ4n) is 3.09. The Bertz CT molecular complexity index is 534. The molecule has 1 fully saturated rings. The second-order valence-corrected chi connectivity index (χ2v) is 6.55. The molecule has 0 bridgehead atoms. The lowest BCUT2D eigenvalue weighted by molar-refractivity contribution is 0.120. The quantitative estimate of drug-likeness (QED) is 0.393. The van der Waals surface area contributed by atoms with Crippen molar-refractivity contribution < 1.29 is 14.2 Å². The van der Waals surface area contributed by atoms with E-state index in [0.717, 1.165) is 56.5 Å². The standard InChI is InChI=1S/C20H33N3O3/c1-4-21-20(23-12-10-18(14-23)15-24-2)22-11-5-13-26-16-17-6-8-19(25-3)9-7-17/h6-9,18H,4-5,10-16H2,1-3H3,(H,21,22). The molecule has 1 heterocycles. The van der Waals surface area contributed by atoms with Gasteiger partial charge in [0.1, 0.15) is 5.75 Å². The van der Waals surface area contributed by atoms with Gasteiger partial charge in [-0.3, -0.25) is 4.99 Å². The van der Waals surface area contributed by atoms with Gasteiger partial charge in [0.25, 0.3) is 0 Å². The summed E-state index contributed by atoms with van der Waals surface area (Å²) in [4.78, 5) is 7.09. The van der Waals surface area contributed by atoms with E-state index < -0.39 is 0 Å². The summed E-state index contributed by atoms with van der Waals surface area (Å²) in [5.41, 5.74) is 1.16. The Labute approximate surface area is 157 Å². The van der Waals surface area contributed by atoms with Crippen LogP contribution in [0.25, 0.3) is 0 Å². The fourth-order valence-corrected chi connectivity index (χ4v) is 3.09. The van der Waals surface area contributed by atoms with Crippen LogP contribution in [0.3, 0.4) is 0 Å². The van der Waals surface area contributed by atoms with Crippen molar-refractivity contribution in [3.63, 3.8) is 0 Å². The van der Waals surface area contributed by atoms with Crippen LogP contribution in [0, 0.1) is 5.92 Å². The van der Waals surface area contributed by atoms with E-state index >= 15 is 0 Å². The number of aliphatic imine (C=N–C) groups is 1. The van der Waals surface area contributed by atoms with Crippen LogP contribution >= 0.6 is 0 Å². The summed E-state index contributed by atoms with van der Waals surface area (Å²) in [6, 6.07) is 7.98. The third-order valence-electron chi connectivity index (χ3n) is 4.46. The molecule has 1 unspecified atom stereocenters. The molecule has 1 aromatic carbocycles. The Kier molecular flexibility index (Phi) is 9.28. The van der Waals surface area contributed by atoms with Gasteiger partial charge in [0.05, 0.1) is 20.3 Å². The molecule has 1 aliphatic rings. The zero-order valence-electron chi connectivity index (χ0n) is 16.4. The third kappa shape index (κ3) is 6.84. The van der Waals surface area contributed by atoms with E-state index in [9.17, 15) is 0 Å². The van der Waals surface area contributed by atoms with Gasteiger partial charge in [-0.1, -0.05) is 12.1 Å². The molecule has 1 aliphatic heterocycles. The summed E-state index contributed by atoms with van der Waals surface area (Å²) in [5.74, 6) is 2.49. The first-order valence-corrected chi connectivity index (χ1v) is 9.49. The lowest BCUT2D eigenvalue weighted by Crippen LogP contribution is -2.40. The lowest BCUT2D eigenvalue weighted by Gasteiger charge is -2.21. The first kappa shape index (κ1) is 20.5. The zero-order valence-corrected chi connectivity index (χ0v) is 16.4. The average Bonchev–Trinajstić information content (AvgIpc) is 3.13. The molecular formula is C20H33N3O3. The van der Waals surface area contributed by atoms with Crippen LogP contribution in [-0.4, -0.2) is 64.5 Å². The molecule has 0 spiro atoms. The predicted molar refractivity (Wildman–Crippen MR) is 105 cm³/mol. The summed E-state index contributed by atoms with van der Waals surface area (Å²) in [5, 5.41) is 3.40. The van der Waals surface area contributed by atoms with Crippen LogP contribution < -0.4 is 10.1 Å². The van der Waals surface area contributed by atoms with E-state index in [1.807, 2.05) is 24.3 Å². The largest absolute Gasteiger partial charge is 0.497 e. The first-order valence-electron chi connectivity index (χ1n) is 9.49.